The highest BCUT2D eigenvalue weighted by Crippen LogP contribution is 2.26. The normalized spacial score (nSPS) is 11.8. The second kappa shape index (κ2) is 9.45. The standard InChI is InChI=1S/C27H28O3/c1-27(2,3)23-16-14-20(15-17-23)19-30-26(28)24(21-10-6-5-7-11-21)18-22-12-8-9-13-25(22)29-4/h5-18H,19H2,1-4H3. The van der Waals surface area contributed by atoms with Crippen LogP contribution in [0.3, 0.4) is 0 Å². The Hall–Kier alpha value is -3.33. The second-order valence-electron chi connectivity index (χ2n) is 8.19. The van der Waals surface area contributed by atoms with Crippen LogP contribution in [-0.4, -0.2) is 13.1 Å². The number of benzene rings is 3. The molecule has 3 aromatic carbocycles. The van der Waals surface area contributed by atoms with Crippen molar-refractivity contribution in [3.8, 4) is 5.75 Å². The summed E-state index contributed by atoms with van der Waals surface area (Å²) in [5.74, 6) is 0.337. The fourth-order valence-electron chi connectivity index (χ4n) is 3.15. The van der Waals surface area contributed by atoms with Crippen LogP contribution in [0.4, 0.5) is 0 Å². The first-order chi connectivity index (χ1) is 14.4. The van der Waals surface area contributed by atoms with Gasteiger partial charge in [-0.05, 0) is 34.2 Å². The first kappa shape index (κ1) is 21.4. The average molecular weight is 401 g/mol. The van der Waals surface area contributed by atoms with Crippen molar-refractivity contribution in [1.82, 2.24) is 0 Å². The Kier molecular flexibility index (Phi) is 6.73. The van der Waals surface area contributed by atoms with Gasteiger partial charge in [-0.25, -0.2) is 4.79 Å². The molecule has 3 heteroatoms. The van der Waals surface area contributed by atoms with Gasteiger partial charge in [0, 0.05) is 5.56 Å². The molecule has 0 bridgehead atoms. The minimum absolute atomic E-state index is 0.0904. The van der Waals surface area contributed by atoms with E-state index in [1.807, 2.05) is 72.8 Å². The van der Waals surface area contributed by atoms with E-state index >= 15 is 0 Å². The fourth-order valence-corrected chi connectivity index (χ4v) is 3.15. The number of esters is 1. The van der Waals surface area contributed by atoms with E-state index in [2.05, 4.69) is 32.9 Å². The average Bonchev–Trinajstić information content (AvgIpc) is 2.76. The summed E-state index contributed by atoms with van der Waals surface area (Å²) in [6.45, 7) is 6.75. The molecule has 3 rings (SSSR count). The molecule has 0 fully saturated rings. The van der Waals surface area contributed by atoms with Crippen LogP contribution in [0.25, 0.3) is 11.6 Å². The molecule has 0 aliphatic carbocycles. The monoisotopic (exact) mass is 400 g/mol. The Morgan fingerprint density at radius 3 is 2.13 bits per heavy atom. The lowest BCUT2D eigenvalue weighted by Gasteiger charge is -2.19. The van der Waals surface area contributed by atoms with Crippen molar-refractivity contribution < 1.29 is 14.3 Å². The number of rotatable bonds is 6. The second-order valence-corrected chi connectivity index (χ2v) is 8.19. The highest BCUT2D eigenvalue weighted by molar-refractivity contribution is 6.21. The maximum atomic E-state index is 13.0. The lowest BCUT2D eigenvalue weighted by atomic mass is 9.87. The van der Waals surface area contributed by atoms with Gasteiger partial charge in [-0.2, -0.15) is 0 Å². The highest BCUT2D eigenvalue weighted by Gasteiger charge is 2.16. The summed E-state index contributed by atoms with van der Waals surface area (Å²) in [5, 5.41) is 0. The Labute approximate surface area is 179 Å². The summed E-state index contributed by atoms with van der Waals surface area (Å²) >= 11 is 0. The number of methoxy groups -OCH3 is 1. The molecule has 0 saturated heterocycles. The number of ether oxygens (including phenoxy) is 2. The molecule has 0 heterocycles. The summed E-state index contributed by atoms with van der Waals surface area (Å²) in [6, 6.07) is 25.4. The lowest BCUT2D eigenvalue weighted by molar-refractivity contribution is -0.137. The number of carbonyl (C=O) groups is 1. The van der Waals surface area contributed by atoms with Crippen LogP contribution in [0.1, 0.15) is 43.0 Å². The number of hydrogen-bond donors (Lipinski definition) is 0. The summed E-state index contributed by atoms with van der Waals surface area (Å²) in [5.41, 5.74) is 4.42. The van der Waals surface area contributed by atoms with Crippen LogP contribution in [-0.2, 0) is 21.6 Å². The van der Waals surface area contributed by atoms with E-state index in [4.69, 9.17) is 9.47 Å². The van der Waals surface area contributed by atoms with Crippen molar-refractivity contribution >= 4 is 17.6 Å². The predicted molar refractivity (Wildman–Crippen MR) is 122 cm³/mol. The molecule has 0 aromatic heterocycles. The van der Waals surface area contributed by atoms with Crippen LogP contribution in [0.2, 0.25) is 0 Å². The molecule has 0 amide bonds. The number of para-hydroxylation sites is 1. The van der Waals surface area contributed by atoms with Crippen molar-refractivity contribution in [2.75, 3.05) is 7.11 Å². The zero-order chi connectivity index (χ0) is 21.6. The lowest BCUT2D eigenvalue weighted by Crippen LogP contribution is -2.11. The third-order valence-electron chi connectivity index (χ3n) is 4.93. The Balaban J connectivity index is 1.84. The van der Waals surface area contributed by atoms with Gasteiger partial charge >= 0.3 is 5.97 Å². The third kappa shape index (κ3) is 5.38. The van der Waals surface area contributed by atoms with Crippen LogP contribution in [0.15, 0.2) is 78.9 Å². The molecule has 3 nitrogen and oxygen atoms in total. The van der Waals surface area contributed by atoms with E-state index in [1.165, 1.54) is 5.56 Å². The van der Waals surface area contributed by atoms with E-state index in [0.717, 1.165) is 16.7 Å². The smallest absolute Gasteiger partial charge is 0.339 e. The molecule has 0 unspecified atom stereocenters. The van der Waals surface area contributed by atoms with Gasteiger partial charge in [-0.15, -0.1) is 0 Å². The minimum atomic E-state index is -0.369. The van der Waals surface area contributed by atoms with Gasteiger partial charge in [0.2, 0.25) is 0 Å². The van der Waals surface area contributed by atoms with Crippen molar-refractivity contribution in [1.29, 1.82) is 0 Å². The van der Waals surface area contributed by atoms with Gasteiger partial charge in [0.15, 0.2) is 0 Å². The zero-order valence-corrected chi connectivity index (χ0v) is 18.0. The van der Waals surface area contributed by atoms with Gasteiger partial charge in [0.1, 0.15) is 12.4 Å². The van der Waals surface area contributed by atoms with E-state index in [-0.39, 0.29) is 18.0 Å². The molecule has 0 aliphatic rings. The molecular formula is C27H28O3. The molecule has 0 aliphatic heterocycles. The first-order valence-electron chi connectivity index (χ1n) is 10.0. The molecule has 0 radical (unpaired) electrons. The summed E-state index contributed by atoms with van der Waals surface area (Å²) in [6.07, 6.45) is 1.82. The van der Waals surface area contributed by atoms with Crippen molar-refractivity contribution in [3.63, 3.8) is 0 Å². The molecule has 154 valence electrons. The van der Waals surface area contributed by atoms with Gasteiger partial charge in [-0.1, -0.05) is 93.6 Å². The van der Waals surface area contributed by atoms with Gasteiger partial charge < -0.3 is 9.47 Å². The Morgan fingerprint density at radius 1 is 0.867 bits per heavy atom. The maximum absolute atomic E-state index is 13.0. The van der Waals surface area contributed by atoms with Gasteiger partial charge in [-0.3, -0.25) is 0 Å². The largest absolute Gasteiger partial charge is 0.496 e. The molecule has 3 aromatic rings. The predicted octanol–water partition coefficient (Wildman–Crippen LogP) is 6.28. The topological polar surface area (TPSA) is 35.5 Å². The van der Waals surface area contributed by atoms with E-state index in [0.29, 0.717) is 11.3 Å². The summed E-state index contributed by atoms with van der Waals surface area (Å²) < 4.78 is 11.1. The van der Waals surface area contributed by atoms with Crippen molar-refractivity contribution in [2.45, 2.75) is 32.8 Å². The van der Waals surface area contributed by atoms with Gasteiger partial charge in [0.05, 0.1) is 12.7 Å². The number of carbonyl (C=O) groups excluding carboxylic acids is 1. The SMILES string of the molecule is COc1ccccc1C=C(C(=O)OCc1ccc(C(C)(C)C)cc1)c1ccccc1. The van der Waals surface area contributed by atoms with E-state index in [9.17, 15) is 4.79 Å². The quantitative estimate of drug-likeness (QED) is 0.278. The van der Waals surface area contributed by atoms with Crippen molar-refractivity contribution in [3.05, 3.63) is 101 Å². The van der Waals surface area contributed by atoms with Crippen molar-refractivity contribution in [2.24, 2.45) is 0 Å². The molecular weight excluding hydrogens is 372 g/mol. The molecule has 0 spiro atoms. The van der Waals surface area contributed by atoms with Crippen LogP contribution in [0, 0.1) is 0 Å². The van der Waals surface area contributed by atoms with Gasteiger partial charge in [0.25, 0.3) is 0 Å². The zero-order valence-electron chi connectivity index (χ0n) is 18.0. The molecule has 30 heavy (non-hydrogen) atoms. The molecule has 0 N–H and O–H groups in total. The van der Waals surface area contributed by atoms with Crippen LogP contribution >= 0.6 is 0 Å². The van der Waals surface area contributed by atoms with E-state index < -0.39 is 0 Å². The molecule has 0 atom stereocenters. The minimum Gasteiger partial charge on any atom is -0.496 e. The van der Waals surface area contributed by atoms with Crippen LogP contribution in [0.5, 0.6) is 5.75 Å². The number of hydrogen-bond acceptors (Lipinski definition) is 3. The highest BCUT2D eigenvalue weighted by atomic mass is 16.5. The Morgan fingerprint density at radius 2 is 1.50 bits per heavy atom. The third-order valence-corrected chi connectivity index (χ3v) is 4.93. The fraction of sp³-hybridized carbons (Fsp3) is 0.222. The maximum Gasteiger partial charge on any atom is 0.339 e. The molecule has 0 saturated carbocycles. The van der Waals surface area contributed by atoms with Crippen LogP contribution < -0.4 is 4.74 Å². The summed E-state index contributed by atoms with van der Waals surface area (Å²) in [7, 11) is 1.62. The summed E-state index contributed by atoms with van der Waals surface area (Å²) in [4.78, 5) is 13.0. The first-order valence-corrected chi connectivity index (χ1v) is 10.0. The Bertz CT molecular complexity index is 1010. The van der Waals surface area contributed by atoms with E-state index in [1.54, 1.807) is 7.11 Å².